The fourth-order valence-electron chi connectivity index (χ4n) is 3.29. The van der Waals surface area contributed by atoms with Crippen molar-refractivity contribution in [3.63, 3.8) is 0 Å². The molecule has 0 aliphatic carbocycles. The summed E-state index contributed by atoms with van der Waals surface area (Å²) >= 11 is 0. The molecule has 0 aliphatic rings. The molecule has 0 fully saturated rings. The highest BCUT2D eigenvalue weighted by Crippen LogP contribution is 2.23. The summed E-state index contributed by atoms with van der Waals surface area (Å²) in [5, 5.41) is 3.91. The molecule has 176 valence electrons. The van der Waals surface area contributed by atoms with Gasteiger partial charge in [-0.15, -0.1) is 0 Å². The quantitative estimate of drug-likeness (QED) is 0.204. The summed E-state index contributed by atoms with van der Waals surface area (Å²) in [5.74, 6) is 0.904. The SMILES string of the molecule is CCOC(=O)c1ccc(-c2ccc(/C=N/NC(=O)COc3ccc(-c4ccccc4)cc3)o2)cc1. The molecule has 3 aromatic carbocycles. The van der Waals surface area contributed by atoms with Gasteiger partial charge in [0.1, 0.15) is 17.3 Å². The lowest BCUT2D eigenvalue weighted by Gasteiger charge is -2.06. The standard InChI is InChI=1S/C28H24N2O5/c1-2-33-28(32)23-10-8-22(9-11-23)26-17-16-25(35-26)18-29-30-27(31)19-34-24-14-12-21(13-15-24)20-6-4-3-5-7-20/h3-18H,2,19H2,1H3,(H,30,31)/b29-18+. The fourth-order valence-corrected chi connectivity index (χ4v) is 3.29. The van der Waals surface area contributed by atoms with Crippen LogP contribution < -0.4 is 10.2 Å². The number of amides is 1. The van der Waals surface area contributed by atoms with Gasteiger partial charge in [-0.25, -0.2) is 10.2 Å². The van der Waals surface area contributed by atoms with Crippen LogP contribution in [0.25, 0.3) is 22.5 Å². The van der Waals surface area contributed by atoms with E-state index in [9.17, 15) is 9.59 Å². The molecule has 0 radical (unpaired) electrons. The Labute approximate surface area is 203 Å². The fraction of sp³-hybridized carbons (Fsp3) is 0.107. The number of carbonyl (C=O) groups excluding carboxylic acids is 2. The van der Waals surface area contributed by atoms with Crippen LogP contribution in [0, 0.1) is 0 Å². The van der Waals surface area contributed by atoms with Gasteiger partial charge in [-0.3, -0.25) is 4.79 Å². The molecule has 4 rings (SSSR count). The average molecular weight is 469 g/mol. The van der Waals surface area contributed by atoms with Crippen molar-refractivity contribution >= 4 is 18.1 Å². The number of nitrogens with zero attached hydrogens (tertiary/aromatic N) is 1. The van der Waals surface area contributed by atoms with Crippen LogP contribution in [0.4, 0.5) is 0 Å². The van der Waals surface area contributed by atoms with Crippen LogP contribution >= 0.6 is 0 Å². The highest BCUT2D eigenvalue weighted by Gasteiger charge is 2.09. The minimum Gasteiger partial charge on any atom is -0.484 e. The van der Waals surface area contributed by atoms with E-state index in [0.717, 1.165) is 16.7 Å². The first-order valence-corrected chi connectivity index (χ1v) is 11.1. The predicted octanol–water partition coefficient (Wildman–Crippen LogP) is 5.32. The second-order valence-electron chi connectivity index (χ2n) is 7.47. The smallest absolute Gasteiger partial charge is 0.338 e. The largest absolute Gasteiger partial charge is 0.484 e. The zero-order valence-corrected chi connectivity index (χ0v) is 19.1. The molecular weight excluding hydrogens is 444 g/mol. The van der Waals surface area contributed by atoms with Crippen molar-refractivity contribution in [1.82, 2.24) is 5.43 Å². The second kappa shape index (κ2) is 11.5. The van der Waals surface area contributed by atoms with Gasteiger partial charge in [-0.05, 0) is 54.4 Å². The summed E-state index contributed by atoms with van der Waals surface area (Å²) in [7, 11) is 0. The van der Waals surface area contributed by atoms with Gasteiger partial charge in [0.15, 0.2) is 6.61 Å². The van der Waals surface area contributed by atoms with Crippen molar-refractivity contribution in [2.24, 2.45) is 5.10 Å². The lowest BCUT2D eigenvalue weighted by Crippen LogP contribution is -2.24. The predicted molar refractivity (Wildman–Crippen MR) is 133 cm³/mol. The summed E-state index contributed by atoms with van der Waals surface area (Å²) in [6.07, 6.45) is 1.41. The molecule has 0 aliphatic heterocycles. The zero-order chi connectivity index (χ0) is 24.5. The number of nitrogens with one attached hydrogen (secondary N) is 1. The Bertz CT molecular complexity index is 1290. The molecule has 7 heteroatoms. The first kappa shape index (κ1) is 23.5. The number of hydrogen-bond acceptors (Lipinski definition) is 6. The number of rotatable bonds is 9. The Balaban J connectivity index is 1.25. The molecule has 1 aromatic heterocycles. The maximum absolute atomic E-state index is 12.0. The van der Waals surface area contributed by atoms with Gasteiger partial charge in [0.2, 0.25) is 0 Å². The number of ether oxygens (including phenoxy) is 2. The third kappa shape index (κ3) is 6.45. The molecule has 35 heavy (non-hydrogen) atoms. The number of hydrazone groups is 1. The maximum Gasteiger partial charge on any atom is 0.338 e. The molecule has 1 heterocycles. The van der Waals surface area contributed by atoms with Gasteiger partial charge < -0.3 is 13.9 Å². The Morgan fingerprint density at radius 2 is 1.54 bits per heavy atom. The van der Waals surface area contributed by atoms with Crippen molar-refractivity contribution in [2.45, 2.75) is 6.92 Å². The normalized spacial score (nSPS) is 10.8. The lowest BCUT2D eigenvalue weighted by molar-refractivity contribution is -0.123. The van der Waals surface area contributed by atoms with Gasteiger partial charge in [0.05, 0.1) is 18.4 Å². The van der Waals surface area contributed by atoms with E-state index >= 15 is 0 Å². The molecule has 0 saturated carbocycles. The van der Waals surface area contributed by atoms with Crippen LogP contribution in [0.5, 0.6) is 5.75 Å². The van der Waals surface area contributed by atoms with Gasteiger partial charge in [-0.1, -0.05) is 54.6 Å². The van der Waals surface area contributed by atoms with Crippen LogP contribution in [-0.4, -0.2) is 31.3 Å². The Hall–Kier alpha value is -4.65. The molecule has 0 atom stereocenters. The Morgan fingerprint density at radius 3 is 2.26 bits per heavy atom. The van der Waals surface area contributed by atoms with E-state index in [2.05, 4.69) is 10.5 Å². The van der Waals surface area contributed by atoms with Crippen LogP contribution in [-0.2, 0) is 9.53 Å². The van der Waals surface area contributed by atoms with Crippen molar-refractivity contribution in [3.8, 4) is 28.2 Å². The van der Waals surface area contributed by atoms with E-state index in [0.29, 0.717) is 29.4 Å². The van der Waals surface area contributed by atoms with Crippen molar-refractivity contribution in [2.75, 3.05) is 13.2 Å². The van der Waals surface area contributed by atoms with E-state index in [1.807, 2.05) is 54.6 Å². The highest BCUT2D eigenvalue weighted by molar-refractivity contribution is 5.90. The van der Waals surface area contributed by atoms with Crippen LogP contribution in [0.1, 0.15) is 23.0 Å². The van der Waals surface area contributed by atoms with Crippen LogP contribution in [0.2, 0.25) is 0 Å². The summed E-state index contributed by atoms with van der Waals surface area (Å²) in [6, 6.07) is 28.0. The molecule has 4 aromatic rings. The molecule has 0 bridgehead atoms. The van der Waals surface area contributed by atoms with Crippen molar-refractivity contribution < 1.29 is 23.5 Å². The van der Waals surface area contributed by atoms with E-state index in [1.165, 1.54) is 6.21 Å². The third-order valence-corrected chi connectivity index (χ3v) is 5.02. The Kier molecular flexibility index (Phi) is 7.70. The zero-order valence-electron chi connectivity index (χ0n) is 19.1. The first-order valence-electron chi connectivity index (χ1n) is 11.1. The molecule has 0 spiro atoms. The van der Waals surface area contributed by atoms with Gasteiger partial charge in [0.25, 0.3) is 5.91 Å². The number of hydrogen-bond donors (Lipinski definition) is 1. The van der Waals surface area contributed by atoms with E-state index in [1.54, 1.807) is 43.3 Å². The number of benzene rings is 3. The van der Waals surface area contributed by atoms with Crippen LogP contribution in [0.3, 0.4) is 0 Å². The first-order chi connectivity index (χ1) is 17.1. The topological polar surface area (TPSA) is 90.1 Å². The van der Waals surface area contributed by atoms with Gasteiger partial charge in [0, 0.05) is 5.56 Å². The van der Waals surface area contributed by atoms with Crippen molar-refractivity contribution in [1.29, 1.82) is 0 Å². The summed E-state index contributed by atoms with van der Waals surface area (Å²) in [6.45, 7) is 1.92. The second-order valence-corrected chi connectivity index (χ2v) is 7.47. The number of furan rings is 1. The van der Waals surface area contributed by atoms with Gasteiger partial charge in [-0.2, -0.15) is 5.10 Å². The molecule has 1 N–H and O–H groups in total. The molecule has 0 unspecified atom stereocenters. The van der Waals surface area contributed by atoms with Gasteiger partial charge >= 0.3 is 5.97 Å². The maximum atomic E-state index is 12.0. The van der Waals surface area contributed by atoms with Crippen LogP contribution in [0.15, 0.2) is 101 Å². The van der Waals surface area contributed by atoms with E-state index in [-0.39, 0.29) is 12.6 Å². The average Bonchev–Trinajstić information content (AvgIpc) is 3.37. The third-order valence-electron chi connectivity index (χ3n) is 5.02. The Morgan fingerprint density at radius 1 is 0.857 bits per heavy atom. The minimum atomic E-state index is -0.394. The summed E-state index contributed by atoms with van der Waals surface area (Å²) in [5.41, 5.74) is 5.87. The highest BCUT2D eigenvalue weighted by atomic mass is 16.5. The molecule has 1 amide bonds. The molecule has 7 nitrogen and oxygen atoms in total. The lowest BCUT2D eigenvalue weighted by atomic mass is 10.1. The van der Waals surface area contributed by atoms with E-state index in [4.69, 9.17) is 13.9 Å². The molecule has 0 saturated heterocycles. The minimum absolute atomic E-state index is 0.168. The number of carbonyl (C=O) groups is 2. The summed E-state index contributed by atoms with van der Waals surface area (Å²) < 4.78 is 16.2. The number of esters is 1. The monoisotopic (exact) mass is 468 g/mol. The molecular formula is C28H24N2O5. The van der Waals surface area contributed by atoms with Crippen molar-refractivity contribution in [3.05, 3.63) is 102 Å². The van der Waals surface area contributed by atoms with E-state index < -0.39 is 5.91 Å². The summed E-state index contributed by atoms with van der Waals surface area (Å²) in [4.78, 5) is 23.8.